The molecule has 0 fully saturated rings. The number of hydrogen-bond donors (Lipinski definition) is 1. The lowest BCUT2D eigenvalue weighted by molar-refractivity contribution is 0.0850. The van der Waals surface area contributed by atoms with Crippen LogP contribution in [0, 0.1) is 18.3 Å². The fourth-order valence-corrected chi connectivity index (χ4v) is 1.45. The second-order valence-electron chi connectivity index (χ2n) is 2.95. The Morgan fingerprint density at radius 1 is 1.57 bits per heavy atom. The van der Waals surface area contributed by atoms with Crippen molar-refractivity contribution < 1.29 is 14.3 Å². The molecule has 0 aliphatic carbocycles. The number of nitrogens with zero attached hydrogens (tertiary/aromatic N) is 1. The van der Waals surface area contributed by atoms with Crippen molar-refractivity contribution >= 4 is 5.91 Å². The molecule has 1 heterocycles. The van der Waals surface area contributed by atoms with Crippen molar-refractivity contribution in [3.05, 3.63) is 29.1 Å². The van der Waals surface area contributed by atoms with Gasteiger partial charge in [0, 0.05) is 6.04 Å². The van der Waals surface area contributed by atoms with Gasteiger partial charge in [-0.15, -0.1) is 0 Å². The average Bonchev–Trinajstić information content (AvgIpc) is 2.50. The molecule has 1 aliphatic heterocycles. The first-order valence-corrected chi connectivity index (χ1v) is 3.93. The molecule has 1 aromatic carbocycles. The number of aromatic hydroxyl groups is 1. The summed E-state index contributed by atoms with van der Waals surface area (Å²) in [4.78, 5) is 12.5. The fraction of sp³-hybridized carbons (Fsp3) is 0.100. The van der Waals surface area contributed by atoms with E-state index in [2.05, 4.69) is 6.04 Å². The van der Waals surface area contributed by atoms with Gasteiger partial charge in [0.1, 0.15) is 0 Å². The average molecular weight is 191 g/mol. The number of amides is 1. The van der Waals surface area contributed by atoms with Crippen LogP contribution in [0.25, 0.3) is 0 Å². The minimum Gasteiger partial charge on any atom is -0.505 e. The fourth-order valence-electron chi connectivity index (χ4n) is 1.45. The summed E-state index contributed by atoms with van der Waals surface area (Å²) in [6.45, 7) is 0.196. The maximum absolute atomic E-state index is 13.3. The molecule has 0 spiro atoms. The molecular weight excluding hydrogens is 185 g/mol. The Labute approximate surface area is 79.8 Å². The molecule has 14 heavy (non-hydrogen) atoms. The zero-order valence-corrected chi connectivity index (χ0v) is 7.12. The van der Waals surface area contributed by atoms with Crippen LogP contribution in [-0.2, 0) is 6.54 Å². The van der Waals surface area contributed by atoms with Crippen molar-refractivity contribution in [2.75, 3.05) is 0 Å². The molecule has 3 nitrogen and oxygen atoms in total. The number of benzene rings is 1. The van der Waals surface area contributed by atoms with Crippen LogP contribution in [0.3, 0.4) is 0 Å². The van der Waals surface area contributed by atoms with E-state index in [1.165, 1.54) is 12.1 Å². The third-order valence-electron chi connectivity index (χ3n) is 2.15. The van der Waals surface area contributed by atoms with Crippen molar-refractivity contribution in [3.63, 3.8) is 0 Å². The van der Waals surface area contributed by atoms with Gasteiger partial charge in [-0.2, -0.15) is 0 Å². The van der Waals surface area contributed by atoms with Gasteiger partial charge in [0.2, 0.25) is 0 Å². The molecular formula is C10H6FNO2. The highest BCUT2D eigenvalue weighted by atomic mass is 19.1. The highest BCUT2D eigenvalue weighted by Gasteiger charge is 2.30. The predicted molar refractivity (Wildman–Crippen MR) is 46.8 cm³/mol. The Morgan fingerprint density at radius 3 is 2.93 bits per heavy atom. The van der Waals surface area contributed by atoms with Crippen LogP contribution < -0.4 is 0 Å². The highest BCUT2D eigenvalue weighted by Crippen LogP contribution is 2.29. The van der Waals surface area contributed by atoms with Crippen LogP contribution in [0.15, 0.2) is 12.1 Å². The number of carbonyl (C=O) groups is 1. The molecule has 0 saturated heterocycles. The number of fused-ring (bicyclic) bond motifs is 1. The minimum atomic E-state index is -0.898. The molecule has 1 amide bonds. The van der Waals surface area contributed by atoms with E-state index in [9.17, 15) is 9.18 Å². The summed E-state index contributed by atoms with van der Waals surface area (Å²) in [6.07, 6.45) is 5.06. The summed E-state index contributed by atoms with van der Waals surface area (Å²) in [5.74, 6) is -2.00. The summed E-state index contributed by atoms with van der Waals surface area (Å²) < 4.78 is 13.3. The van der Waals surface area contributed by atoms with E-state index in [0.717, 1.165) is 4.90 Å². The first-order chi connectivity index (χ1) is 6.65. The van der Waals surface area contributed by atoms with Crippen LogP contribution in [0.1, 0.15) is 15.9 Å². The van der Waals surface area contributed by atoms with Crippen molar-refractivity contribution in [2.24, 2.45) is 0 Å². The van der Waals surface area contributed by atoms with Crippen LogP contribution >= 0.6 is 0 Å². The zero-order chi connectivity index (χ0) is 10.3. The van der Waals surface area contributed by atoms with Crippen LogP contribution in [0.2, 0.25) is 0 Å². The molecule has 0 saturated carbocycles. The number of carbonyl (C=O) groups excluding carboxylic acids is 1. The Balaban J connectivity index is 2.62. The minimum absolute atomic E-state index is 0.122. The first-order valence-electron chi connectivity index (χ1n) is 3.93. The number of halogens is 1. The molecule has 1 aromatic rings. The summed E-state index contributed by atoms with van der Waals surface area (Å²) in [7, 11) is 0. The van der Waals surface area contributed by atoms with Crippen molar-refractivity contribution in [2.45, 2.75) is 6.54 Å². The van der Waals surface area contributed by atoms with Gasteiger partial charge in [0.05, 0.1) is 12.1 Å². The molecule has 1 N–H and O–H groups in total. The first kappa shape index (κ1) is 8.57. The standard InChI is InChI=1S/C10H6FNO2/c1-2-12-5-6-3-4-7(13)9(11)8(6)10(12)14/h1,3-4,13H,5H2. The van der Waals surface area contributed by atoms with Gasteiger partial charge in [0.25, 0.3) is 5.91 Å². The van der Waals surface area contributed by atoms with E-state index in [1.54, 1.807) is 0 Å². The van der Waals surface area contributed by atoms with Gasteiger partial charge >= 0.3 is 0 Å². The molecule has 0 aromatic heterocycles. The molecule has 1 aliphatic rings. The predicted octanol–water partition coefficient (Wildman–Crippen LogP) is 1.08. The lowest BCUT2D eigenvalue weighted by Crippen LogP contribution is -2.17. The molecule has 0 atom stereocenters. The van der Waals surface area contributed by atoms with Crippen LogP contribution in [0.5, 0.6) is 5.75 Å². The van der Waals surface area contributed by atoms with E-state index >= 15 is 0 Å². The summed E-state index contributed by atoms with van der Waals surface area (Å²) in [6, 6.07) is 4.84. The van der Waals surface area contributed by atoms with E-state index in [-0.39, 0.29) is 12.1 Å². The van der Waals surface area contributed by atoms with Crippen molar-refractivity contribution in [1.82, 2.24) is 4.90 Å². The quantitative estimate of drug-likeness (QED) is 0.623. The van der Waals surface area contributed by atoms with Gasteiger partial charge in [-0.3, -0.25) is 9.69 Å². The summed E-state index contributed by atoms with van der Waals surface area (Å²) in [5.41, 5.74) is 0.381. The zero-order valence-electron chi connectivity index (χ0n) is 7.12. The second kappa shape index (κ2) is 2.74. The lowest BCUT2D eigenvalue weighted by Gasteiger charge is -2.03. The third-order valence-corrected chi connectivity index (χ3v) is 2.15. The van der Waals surface area contributed by atoms with Crippen LogP contribution in [0.4, 0.5) is 4.39 Å². The highest BCUT2D eigenvalue weighted by molar-refractivity contribution is 6.00. The summed E-state index contributed by atoms with van der Waals surface area (Å²) >= 11 is 0. The molecule has 70 valence electrons. The number of phenolic OH excluding ortho intramolecular Hbond substituents is 1. The lowest BCUT2D eigenvalue weighted by atomic mass is 10.1. The van der Waals surface area contributed by atoms with Gasteiger partial charge < -0.3 is 5.11 Å². The third kappa shape index (κ3) is 0.958. The van der Waals surface area contributed by atoms with Gasteiger partial charge in [-0.25, -0.2) is 4.39 Å². The molecule has 0 unspecified atom stereocenters. The van der Waals surface area contributed by atoms with E-state index < -0.39 is 17.5 Å². The maximum Gasteiger partial charge on any atom is 0.269 e. The Kier molecular flexibility index (Phi) is 1.68. The number of rotatable bonds is 0. The van der Waals surface area contributed by atoms with E-state index in [0.29, 0.717) is 5.56 Å². The Morgan fingerprint density at radius 2 is 2.29 bits per heavy atom. The number of phenols is 1. The Hall–Kier alpha value is -2.02. The van der Waals surface area contributed by atoms with Gasteiger partial charge in [-0.05, 0) is 11.6 Å². The monoisotopic (exact) mass is 191 g/mol. The molecule has 0 radical (unpaired) electrons. The number of terminal acetylenes is 1. The smallest absolute Gasteiger partial charge is 0.269 e. The van der Waals surface area contributed by atoms with E-state index in [4.69, 9.17) is 11.5 Å². The molecule has 0 bridgehead atoms. The Bertz CT molecular complexity index is 462. The molecule has 2 rings (SSSR count). The van der Waals surface area contributed by atoms with Crippen molar-refractivity contribution in [1.29, 1.82) is 0 Å². The number of hydrogen-bond acceptors (Lipinski definition) is 2. The van der Waals surface area contributed by atoms with Crippen molar-refractivity contribution in [3.8, 4) is 18.2 Å². The SMILES string of the molecule is C#CN1Cc2ccc(O)c(F)c2C1=O. The van der Waals surface area contributed by atoms with Gasteiger partial charge in [0.15, 0.2) is 11.6 Å². The normalized spacial score (nSPS) is 14.0. The largest absolute Gasteiger partial charge is 0.505 e. The van der Waals surface area contributed by atoms with Gasteiger partial charge in [-0.1, -0.05) is 12.5 Å². The van der Waals surface area contributed by atoms with Crippen LogP contribution in [-0.4, -0.2) is 15.9 Å². The second-order valence-corrected chi connectivity index (χ2v) is 2.95. The topological polar surface area (TPSA) is 40.5 Å². The maximum atomic E-state index is 13.3. The van der Waals surface area contributed by atoms with E-state index in [1.807, 2.05) is 0 Å². The summed E-state index contributed by atoms with van der Waals surface area (Å²) in [5, 5.41) is 9.06. The molecule has 4 heteroatoms.